The molecular weight excluding hydrogens is 382 g/mol. The highest BCUT2D eigenvalue weighted by molar-refractivity contribution is 6.06. The molecule has 2 N–H and O–H groups in total. The normalized spacial score (nSPS) is 11.6. The highest BCUT2D eigenvalue weighted by atomic mass is 16.5. The van der Waals surface area contributed by atoms with Crippen molar-refractivity contribution < 1.29 is 19.1 Å². The Bertz CT molecular complexity index is 928. The van der Waals surface area contributed by atoms with Crippen LogP contribution in [0.15, 0.2) is 47.6 Å². The van der Waals surface area contributed by atoms with Gasteiger partial charge in [-0.1, -0.05) is 32.9 Å². The Kier molecular flexibility index (Phi) is 7.58. The minimum absolute atomic E-state index is 0.0164. The van der Waals surface area contributed by atoms with Crippen molar-refractivity contribution in [2.75, 3.05) is 19.5 Å². The number of hydrazone groups is 1. The molecule has 30 heavy (non-hydrogen) atoms. The van der Waals surface area contributed by atoms with E-state index >= 15 is 0 Å². The Morgan fingerprint density at radius 2 is 1.67 bits per heavy atom. The van der Waals surface area contributed by atoms with Gasteiger partial charge in [0.25, 0.3) is 5.91 Å². The topological polar surface area (TPSA) is 89.0 Å². The largest absolute Gasteiger partial charge is 0.497 e. The van der Waals surface area contributed by atoms with Crippen LogP contribution >= 0.6 is 0 Å². The van der Waals surface area contributed by atoms with Gasteiger partial charge in [-0.2, -0.15) is 5.10 Å². The van der Waals surface area contributed by atoms with E-state index in [4.69, 9.17) is 9.47 Å². The number of carbonyl (C=O) groups excluding carboxylic acids is 2. The van der Waals surface area contributed by atoms with E-state index in [0.717, 1.165) is 5.56 Å². The Balaban J connectivity index is 1.96. The van der Waals surface area contributed by atoms with Crippen molar-refractivity contribution in [3.63, 3.8) is 0 Å². The standard InChI is InChI=1S/C23H29N3O4/c1-15(13-21(27)24-19-14-18(29-5)11-12-20(19)30-6)25-26-22(28)16-7-9-17(10-8-16)23(2,3)4/h7-12,14H,13H2,1-6H3,(H,24,27)(H,26,28). The third kappa shape index (κ3) is 6.34. The fourth-order valence-corrected chi connectivity index (χ4v) is 2.71. The fraction of sp³-hybridized carbons (Fsp3) is 0.348. The molecule has 160 valence electrons. The number of nitrogens with one attached hydrogen (secondary N) is 2. The summed E-state index contributed by atoms with van der Waals surface area (Å²) in [6, 6.07) is 12.5. The summed E-state index contributed by atoms with van der Waals surface area (Å²) in [7, 11) is 3.07. The van der Waals surface area contributed by atoms with Gasteiger partial charge < -0.3 is 14.8 Å². The molecule has 0 aromatic heterocycles. The smallest absolute Gasteiger partial charge is 0.271 e. The van der Waals surface area contributed by atoms with Gasteiger partial charge in [-0.15, -0.1) is 0 Å². The van der Waals surface area contributed by atoms with E-state index in [-0.39, 0.29) is 23.7 Å². The fourth-order valence-electron chi connectivity index (χ4n) is 2.71. The summed E-state index contributed by atoms with van der Waals surface area (Å²) < 4.78 is 10.4. The number of ether oxygens (including phenoxy) is 2. The second-order valence-electron chi connectivity index (χ2n) is 7.91. The van der Waals surface area contributed by atoms with Crippen LogP contribution in [-0.2, 0) is 10.2 Å². The first-order valence-corrected chi connectivity index (χ1v) is 9.60. The molecule has 2 rings (SSSR count). The Labute approximate surface area is 177 Å². The number of methoxy groups -OCH3 is 2. The van der Waals surface area contributed by atoms with Gasteiger partial charge in [0.15, 0.2) is 0 Å². The van der Waals surface area contributed by atoms with E-state index in [1.165, 1.54) is 7.11 Å². The second-order valence-corrected chi connectivity index (χ2v) is 7.91. The maximum absolute atomic E-state index is 12.3. The SMILES string of the molecule is COc1ccc(OC)c(NC(=O)CC(C)=NNC(=O)c2ccc(C(C)(C)C)cc2)c1. The zero-order valence-electron chi connectivity index (χ0n) is 18.3. The minimum atomic E-state index is -0.329. The Morgan fingerprint density at radius 1 is 1.00 bits per heavy atom. The number of benzene rings is 2. The van der Waals surface area contributed by atoms with E-state index in [2.05, 4.69) is 36.6 Å². The second kappa shape index (κ2) is 9.91. The average Bonchev–Trinajstić information content (AvgIpc) is 2.71. The maximum atomic E-state index is 12.3. The van der Waals surface area contributed by atoms with Crippen molar-refractivity contribution in [1.29, 1.82) is 0 Å². The van der Waals surface area contributed by atoms with Gasteiger partial charge in [0, 0.05) is 17.3 Å². The van der Waals surface area contributed by atoms with Gasteiger partial charge in [0.2, 0.25) is 5.91 Å². The quantitative estimate of drug-likeness (QED) is 0.529. The number of amides is 2. The van der Waals surface area contributed by atoms with Gasteiger partial charge in [-0.25, -0.2) is 5.43 Å². The van der Waals surface area contributed by atoms with E-state index in [9.17, 15) is 9.59 Å². The third-order valence-electron chi connectivity index (χ3n) is 4.46. The number of carbonyl (C=O) groups is 2. The van der Waals surface area contributed by atoms with E-state index in [1.54, 1.807) is 44.4 Å². The molecule has 0 saturated heterocycles. The molecule has 7 heteroatoms. The summed E-state index contributed by atoms with van der Waals surface area (Å²) >= 11 is 0. The number of anilines is 1. The molecule has 0 unspecified atom stereocenters. The monoisotopic (exact) mass is 411 g/mol. The molecule has 0 aliphatic rings. The van der Waals surface area contributed by atoms with Crippen LogP contribution in [0.25, 0.3) is 0 Å². The summed E-state index contributed by atoms with van der Waals surface area (Å²) in [6.07, 6.45) is 0.0175. The van der Waals surface area contributed by atoms with Crippen LogP contribution < -0.4 is 20.2 Å². The molecule has 2 aromatic rings. The Morgan fingerprint density at radius 3 is 2.23 bits per heavy atom. The molecule has 2 aromatic carbocycles. The van der Waals surface area contributed by atoms with Gasteiger partial charge in [-0.05, 0) is 42.2 Å². The molecule has 0 heterocycles. The van der Waals surface area contributed by atoms with Crippen molar-refractivity contribution in [2.45, 2.75) is 39.5 Å². The molecular formula is C23H29N3O4. The molecule has 0 spiro atoms. The zero-order chi connectivity index (χ0) is 22.3. The summed E-state index contributed by atoms with van der Waals surface area (Å²) in [4.78, 5) is 24.6. The van der Waals surface area contributed by atoms with E-state index in [1.807, 2.05) is 12.1 Å². The highest BCUT2D eigenvalue weighted by Gasteiger charge is 2.14. The van der Waals surface area contributed by atoms with E-state index in [0.29, 0.717) is 28.5 Å². The van der Waals surface area contributed by atoms with Crippen molar-refractivity contribution >= 4 is 23.2 Å². The maximum Gasteiger partial charge on any atom is 0.271 e. The minimum Gasteiger partial charge on any atom is -0.497 e. The predicted octanol–water partition coefficient (Wildman–Crippen LogP) is 4.14. The van der Waals surface area contributed by atoms with Crippen LogP contribution in [0.2, 0.25) is 0 Å². The summed E-state index contributed by atoms with van der Waals surface area (Å²) in [6.45, 7) is 8.01. The van der Waals surface area contributed by atoms with Crippen molar-refractivity contribution in [3.05, 3.63) is 53.6 Å². The lowest BCUT2D eigenvalue weighted by Gasteiger charge is -2.18. The summed E-state index contributed by atoms with van der Waals surface area (Å²) in [5.74, 6) is 0.503. The third-order valence-corrected chi connectivity index (χ3v) is 4.46. The van der Waals surface area contributed by atoms with Crippen molar-refractivity contribution in [3.8, 4) is 11.5 Å². The van der Waals surface area contributed by atoms with Crippen molar-refractivity contribution in [1.82, 2.24) is 5.43 Å². The lowest BCUT2D eigenvalue weighted by Crippen LogP contribution is -2.22. The van der Waals surface area contributed by atoms with E-state index < -0.39 is 0 Å². The zero-order valence-corrected chi connectivity index (χ0v) is 18.3. The summed E-state index contributed by atoms with van der Waals surface area (Å²) in [5, 5.41) is 6.80. The number of rotatable bonds is 7. The predicted molar refractivity (Wildman–Crippen MR) is 119 cm³/mol. The molecule has 7 nitrogen and oxygen atoms in total. The van der Waals surface area contributed by atoms with Crippen LogP contribution in [0.1, 0.15) is 50.0 Å². The van der Waals surface area contributed by atoms with Crippen molar-refractivity contribution in [2.24, 2.45) is 5.10 Å². The van der Waals surface area contributed by atoms with Gasteiger partial charge in [0.1, 0.15) is 11.5 Å². The molecule has 0 saturated carbocycles. The first-order chi connectivity index (χ1) is 14.1. The molecule has 0 radical (unpaired) electrons. The average molecular weight is 412 g/mol. The number of hydrogen-bond acceptors (Lipinski definition) is 5. The van der Waals surface area contributed by atoms with Gasteiger partial charge in [0.05, 0.1) is 26.3 Å². The van der Waals surface area contributed by atoms with Crippen LogP contribution in [0.4, 0.5) is 5.69 Å². The number of nitrogens with zero attached hydrogens (tertiary/aromatic N) is 1. The molecule has 0 atom stereocenters. The molecule has 2 amide bonds. The highest BCUT2D eigenvalue weighted by Crippen LogP contribution is 2.29. The lowest BCUT2D eigenvalue weighted by atomic mass is 9.87. The first-order valence-electron chi connectivity index (χ1n) is 9.60. The summed E-state index contributed by atoms with van der Waals surface area (Å²) in [5.41, 5.74) is 5.12. The van der Waals surface area contributed by atoms with Crippen LogP contribution in [0, 0.1) is 0 Å². The van der Waals surface area contributed by atoms with Crippen LogP contribution in [-0.4, -0.2) is 31.7 Å². The molecule has 0 fully saturated rings. The Hall–Kier alpha value is -3.35. The van der Waals surface area contributed by atoms with Gasteiger partial charge in [-0.3, -0.25) is 9.59 Å². The lowest BCUT2D eigenvalue weighted by molar-refractivity contribution is -0.115. The van der Waals surface area contributed by atoms with Crippen LogP contribution in [0.3, 0.4) is 0 Å². The molecule has 0 bridgehead atoms. The van der Waals surface area contributed by atoms with Crippen LogP contribution in [0.5, 0.6) is 11.5 Å². The first kappa shape index (κ1) is 22.9. The number of hydrogen-bond donors (Lipinski definition) is 2. The van der Waals surface area contributed by atoms with Gasteiger partial charge >= 0.3 is 0 Å². The molecule has 0 aliphatic heterocycles. The molecule has 0 aliphatic carbocycles.